The molecule has 3 amide bonds. The van der Waals surface area contributed by atoms with Gasteiger partial charge in [0.1, 0.15) is 0 Å². The summed E-state index contributed by atoms with van der Waals surface area (Å²) >= 11 is 12.2. The van der Waals surface area contributed by atoms with Crippen molar-refractivity contribution in [3.05, 3.63) is 69.7 Å². The predicted octanol–water partition coefficient (Wildman–Crippen LogP) is 5.15. The topological polar surface area (TPSA) is 122 Å². The Balaban J connectivity index is 1.64. The molecule has 0 radical (unpaired) electrons. The van der Waals surface area contributed by atoms with Gasteiger partial charge in [0.05, 0.1) is 12.6 Å². The van der Waals surface area contributed by atoms with Gasteiger partial charge in [0.25, 0.3) is 5.91 Å². The fourth-order valence-corrected chi connectivity index (χ4v) is 5.87. The van der Waals surface area contributed by atoms with E-state index in [0.717, 1.165) is 43.2 Å². The molecule has 8 nitrogen and oxygen atoms in total. The second-order valence-electron chi connectivity index (χ2n) is 10.9. The molecule has 0 bridgehead atoms. The number of carbonyl (C=O) groups excluding carboxylic acids is 3. The first-order chi connectivity index (χ1) is 19.7. The van der Waals surface area contributed by atoms with E-state index in [4.69, 9.17) is 33.7 Å². The Bertz CT molecular complexity index is 1140. The lowest BCUT2D eigenvalue weighted by Gasteiger charge is -2.35. The number of benzene rings is 2. The van der Waals surface area contributed by atoms with Crippen LogP contribution in [0.4, 0.5) is 4.79 Å². The van der Waals surface area contributed by atoms with E-state index in [1.54, 1.807) is 18.0 Å². The van der Waals surface area contributed by atoms with Gasteiger partial charge in [0, 0.05) is 36.0 Å². The lowest BCUT2D eigenvalue weighted by Crippen LogP contribution is -2.50. The summed E-state index contributed by atoms with van der Waals surface area (Å²) in [5, 5.41) is 14.1. The monoisotopic (exact) mass is 605 g/mol. The van der Waals surface area contributed by atoms with Crippen molar-refractivity contribution in [3.8, 4) is 0 Å². The largest absolute Gasteiger partial charge is 0.436 e. The van der Waals surface area contributed by atoms with Crippen LogP contribution in [0.5, 0.6) is 0 Å². The van der Waals surface area contributed by atoms with Crippen LogP contribution in [0.1, 0.15) is 56.1 Å². The van der Waals surface area contributed by atoms with Gasteiger partial charge in [-0.15, -0.1) is 0 Å². The molecule has 2 aromatic rings. The number of halogens is 2. The van der Waals surface area contributed by atoms with E-state index in [1.807, 2.05) is 42.5 Å². The summed E-state index contributed by atoms with van der Waals surface area (Å²) in [6, 6.07) is 14.2. The number of aliphatic hydroxyl groups is 1. The molecule has 4 N–H and O–H groups in total. The lowest BCUT2D eigenvalue weighted by molar-refractivity contribution is -0.135. The zero-order valence-electron chi connectivity index (χ0n) is 23.6. The van der Waals surface area contributed by atoms with Crippen molar-refractivity contribution in [2.45, 2.75) is 69.9 Å². The molecule has 1 aliphatic rings. The molecule has 1 aliphatic carbocycles. The standard InChI is InChI=1S/C31H41Cl2N3O5/c1-36(17-16-21-10-12-24(32)13-11-21)28(38)15-14-26(20-37)35-30(39)29(41-31(34)40)27(23-7-3-2-4-8-23)19-22-6-5-9-25(33)18-22/h5-6,9-13,18,23,26-27,29,37H,2-4,7-8,14-17,19-20H2,1H3,(H2,34,40)(H,35,39)/t26-,27-,29?/m0/s1. The van der Waals surface area contributed by atoms with Crippen LogP contribution >= 0.6 is 23.2 Å². The summed E-state index contributed by atoms with van der Waals surface area (Å²) in [6.45, 7) is 0.164. The Morgan fingerprint density at radius 3 is 2.39 bits per heavy atom. The first-order valence-corrected chi connectivity index (χ1v) is 15.0. The van der Waals surface area contributed by atoms with Gasteiger partial charge in [-0.25, -0.2) is 4.79 Å². The minimum Gasteiger partial charge on any atom is -0.436 e. The molecule has 0 aliphatic heterocycles. The van der Waals surface area contributed by atoms with Crippen LogP contribution in [-0.2, 0) is 27.2 Å². The van der Waals surface area contributed by atoms with E-state index in [2.05, 4.69) is 5.32 Å². The maximum atomic E-state index is 13.6. The molecule has 1 unspecified atom stereocenters. The molecule has 0 heterocycles. The summed E-state index contributed by atoms with van der Waals surface area (Å²) in [6.07, 6.45) is 4.39. The number of amides is 3. The van der Waals surface area contributed by atoms with Crippen LogP contribution in [0, 0.1) is 11.8 Å². The molecule has 1 saturated carbocycles. The molecule has 1 fully saturated rings. The van der Waals surface area contributed by atoms with Crippen LogP contribution in [-0.4, -0.2) is 60.3 Å². The molecule has 3 atom stereocenters. The van der Waals surface area contributed by atoms with Gasteiger partial charge in [-0.05, 0) is 60.6 Å². The molecule has 3 rings (SSSR count). The minimum absolute atomic E-state index is 0.0994. The zero-order valence-corrected chi connectivity index (χ0v) is 25.1. The van der Waals surface area contributed by atoms with E-state index in [1.165, 1.54) is 0 Å². The van der Waals surface area contributed by atoms with Crippen LogP contribution in [0.15, 0.2) is 48.5 Å². The fourth-order valence-electron chi connectivity index (χ4n) is 5.53. The van der Waals surface area contributed by atoms with Gasteiger partial charge in [-0.2, -0.15) is 0 Å². The van der Waals surface area contributed by atoms with Crippen LogP contribution in [0.3, 0.4) is 0 Å². The third-order valence-corrected chi connectivity index (χ3v) is 8.34. The summed E-state index contributed by atoms with van der Waals surface area (Å²) in [4.78, 5) is 39.9. The Morgan fingerprint density at radius 2 is 1.76 bits per heavy atom. The number of carbonyl (C=O) groups is 3. The maximum absolute atomic E-state index is 13.6. The molecule has 0 spiro atoms. The van der Waals surface area contributed by atoms with E-state index in [0.29, 0.717) is 29.4 Å². The Hall–Kier alpha value is -2.81. The molecule has 2 aromatic carbocycles. The van der Waals surface area contributed by atoms with Gasteiger partial charge in [0.15, 0.2) is 6.10 Å². The second-order valence-corrected chi connectivity index (χ2v) is 11.7. The van der Waals surface area contributed by atoms with Crippen molar-refractivity contribution in [1.82, 2.24) is 10.2 Å². The average Bonchev–Trinajstić information content (AvgIpc) is 2.96. The first kappa shape index (κ1) is 32.7. The molecule has 224 valence electrons. The number of likely N-dealkylation sites (N-methyl/N-ethyl adjacent to an activating group) is 1. The Kier molecular flexibility index (Phi) is 13.2. The summed E-state index contributed by atoms with van der Waals surface area (Å²) < 4.78 is 5.45. The average molecular weight is 607 g/mol. The fraction of sp³-hybridized carbons (Fsp3) is 0.516. The van der Waals surface area contributed by atoms with Gasteiger partial charge in [0.2, 0.25) is 5.91 Å². The lowest BCUT2D eigenvalue weighted by atomic mass is 9.74. The highest BCUT2D eigenvalue weighted by Crippen LogP contribution is 2.35. The normalized spacial score (nSPS) is 15.9. The number of hydrogen-bond acceptors (Lipinski definition) is 5. The van der Waals surface area contributed by atoms with Gasteiger partial charge in [-0.3, -0.25) is 9.59 Å². The Morgan fingerprint density at radius 1 is 1.05 bits per heavy atom. The first-order valence-electron chi connectivity index (χ1n) is 14.3. The van der Waals surface area contributed by atoms with Crippen LogP contribution < -0.4 is 11.1 Å². The van der Waals surface area contributed by atoms with Crippen molar-refractivity contribution in [1.29, 1.82) is 0 Å². The third-order valence-electron chi connectivity index (χ3n) is 7.85. The number of ether oxygens (including phenoxy) is 1. The SMILES string of the molecule is CN(CCc1ccc(Cl)cc1)C(=O)CC[C@@H](CO)NC(=O)C(OC(N)=O)[C@@H](Cc1cccc(Cl)c1)C1CCCCC1. The van der Waals surface area contributed by atoms with Crippen molar-refractivity contribution >= 4 is 41.1 Å². The van der Waals surface area contributed by atoms with Crippen molar-refractivity contribution < 1.29 is 24.2 Å². The highest BCUT2D eigenvalue weighted by Gasteiger charge is 2.38. The molecule has 41 heavy (non-hydrogen) atoms. The van der Waals surface area contributed by atoms with Gasteiger partial charge in [-0.1, -0.05) is 79.6 Å². The molecule has 0 saturated heterocycles. The molecule has 10 heteroatoms. The minimum atomic E-state index is -1.14. The number of nitrogens with zero attached hydrogens (tertiary/aromatic N) is 1. The number of aliphatic hydroxyl groups excluding tert-OH is 1. The van der Waals surface area contributed by atoms with E-state index in [-0.39, 0.29) is 37.2 Å². The van der Waals surface area contributed by atoms with E-state index in [9.17, 15) is 19.5 Å². The van der Waals surface area contributed by atoms with Crippen molar-refractivity contribution in [2.24, 2.45) is 17.6 Å². The number of hydrogen-bond donors (Lipinski definition) is 3. The van der Waals surface area contributed by atoms with E-state index >= 15 is 0 Å². The van der Waals surface area contributed by atoms with Crippen molar-refractivity contribution in [3.63, 3.8) is 0 Å². The smallest absolute Gasteiger partial charge is 0.405 e. The second kappa shape index (κ2) is 16.6. The summed E-state index contributed by atoms with van der Waals surface area (Å²) in [5.41, 5.74) is 7.43. The van der Waals surface area contributed by atoms with E-state index < -0.39 is 24.1 Å². The Labute approximate surface area is 252 Å². The summed E-state index contributed by atoms with van der Waals surface area (Å²) in [7, 11) is 1.73. The van der Waals surface area contributed by atoms with Gasteiger partial charge >= 0.3 is 6.09 Å². The highest BCUT2D eigenvalue weighted by molar-refractivity contribution is 6.30. The number of nitrogens with two attached hydrogens (primary N) is 1. The molecule has 0 aromatic heterocycles. The highest BCUT2D eigenvalue weighted by atomic mass is 35.5. The predicted molar refractivity (Wildman–Crippen MR) is 161 cm³/mol. The molecular formula is C31H41Cl2N3O5. The molecular weight excluding hydrogens is 565 g/mol. The zero-order chi connectivity index (χ0) is 29.8. The maximum Gasteiger partial charge on any atom is 0.405 e. The number of rotatable bonds is 14. The quantitative estimate of drug-likeness (QED) is 0.275. The third kappa shape index (κ3) is 10.8. The number of primary amides is 1. The van der Waals surface area contributed by atoms with Crippen LogP contribution in [0.25, 0.3) is 0 Å². The van der Waals surface area contributed by atoms with Gasteiger partial charge < -0.3 is 25.8 Å². The summed E-state index contributed by atoms with van der Waals surface area (Å²) in [5.74, 6) is -0.788. The number of nitrogens with one attached hydrogen (secondary N) is 1. The van der Waals surface area contributed by atoms with Crippen molar-refractivity contribution in [2.75, 3.05) is 20.2 Å². The van der Waals surface area contributed by atoms with Crippen LogP contribution in [0.2, 0.25) is 10.0 Å².